The molecule has 0 bridgehead atoms. The summed E-state index contributed by atoms with van der Waals surface area (Å²) in [5, 5.41) is 13.6. The highest BCUT2D eigenvalue weighted by Crippen LogP contribution is 2.48. The molecule has 2 heteroatoms. The van der Waals surface area contributed by atoms with E-state index in [1.165, 1.54) is 12.8 Å². The lowest BCUT2D eigenvalue weighted by molar-refractivity contribution is -0.0129. The lowest BCUT2D eigenvalue weighted by atomic mass is 9.84. The van der Waals surface area contributed by atoms with Gasteiger partial charge in [-0.25, -0.2) is 0 Å². The van der Waals surface area contributed by atoms with Crippen LogP contribution in [0.3, 0.4) is 0 Å². The van der Waals surface area contributed by atoms with Crippen LogP contribution in [0.1, 0.15) is 54.4 Å². The Morgan fingerprint density at radius 2 is 1.64 bits per heavy atom. The van der Waals surface area contributed by atoms with E-state index in [1.54, 1.807) is 0 Å². The maximum Gasteiger partial charge on any atom is 0.0767 e. The second kappa shape index (κ2) is 3.21. The van der Waals surface area contributed by atoms with E-state index in [0.29, 0.717) is 11.5 Å². The molecule has 1 fully saturated rings. The van der Waals surface area contributed by atoms with Gasteiger partial charge in [0.05, 0.1) is 5.60 Å². The van der Waals surface area contributed by atoms with Gasteiger partial charge >= 0.3 is 0 Å². The predicted molar refractivity (Wildman–Crippen MR) is 60.3 cm³/mol. The molecule has 1 aliphatic rings. The molecule has 0 aromatic heterocycles. The first-order valence-corrected chi connectivity index (χ1v) is 5.59. The fourth-order valence-electron chi connectivity index (χ4n) is 1.52. The predicted octanol–water partition coefficient (Wildman–Crippen LogP) is 2.31. The molecule has 0 amide bonds. The summed E-state index contributed by atoms with van der Waals surface area (Å²) in [6, 6.07) is 0.476. The summed E-state index contributed by atoms with van der Waals surface area (Å²) in [5.74, 6) is 0. The van der Waals surface area contributed by atoms with Crippen molar-refractivity contribution in [1.82, 2.24) is 5.32 Å². The normalized spacial score (nSPS) is 23.4. The maximum atomic E-state index is 10.0. The second-order valence-electron chi connectivity index (χ2n) is 6.20. The molecule has 14 heavy (non-hydrogen) atoms. The molecule has 0 aromatic rings. The number of hydrogen-bond acceptors (Lipinski definition) is 2. The summed E-state index contributed by atoms with van der Waals surface area (Å²) in [5.41, 5.74) is -0.465. The highest BCUT2D eigenvalue weighted by atomic mass is 16.3. The van der Waals surface area contributed by atoms with Crippen LogP contribution in [0.25, 0.3) is 0 Å². The molecule has 0 heterocycles. The van der Waals surface area contributed by atoms with Crippen LogP contribution in [0.4, 0.5) is 0 Å². The van der Waals surface area contributed by atoms with Gasteiger partial charge in [-0.3, -0.25) is 0 Å². The van der Waals surface area contributed by atoms with Crippen LogP contribution >= 0.6 is 0 Å². The standard InChI is InChI=1S/C12H25NO/c1-9(12(6)7-8-12)13-10(2,3)11(4,5)14/h9,13-14H,7-8H2,1-6H3. The molecule has 1 rings (SSSR count). The Hall–Kier alpha value is -0.0800. The summed E-state index contributed by atoms with van der Waals surface area (Å²) in [6.07, 6.45) is 2.62. The highest BCUT2D eigenvalue weighted by Gasteiger charge is 2.46. The van der Waals surface area contributed by atoms with Crippen molar-refractivity contribution in [2.24, 2.45) is 5.41 Å². The van der Waals surface area contributed by atoms with E-state index in [9.17, 15) is 5.11 Å². The Labute approximate surface area is 88.1 Å². The molecular formula is C12H25NO. The zero-order chi connectivity index (χ0) is 11.2. The molecule has 0 radical (unpaired) electrons. The van der Waals surface area contributed by atoms with Crippen LogP contribution in [0.5, 0.6) is 0 Å². The summed E-state index contributed by atoms with van der Waals surface area (Å²) in [7, 11) is 0. The van der Waals surface area contributed by atoms with E-state index in [2.05, 4.69) is 33.0 Å². The quantitative estimate of drug-likeness (QED) is 0.728. The third-order valence-corrected chi connectivity index (χ3v) is 4.19. The van der Waals surface area contributed by atoms with Gasteiger partial charge in [0.2, 0.25) is 0 Å². The average molecular weight is 199 g/mol. The lowest BCUT2D eigenvalue weighted by Crippen LogP contribution is -2.59. The van der Waals surface area contributed by atoms with E-state index in [-0.39, 0.29) is 5.54 Å². The molecule has 1 atom stereocenters. The van der Waals surface area contributed by atoms with Crippen molar-refractivity contribution < 1.29 is 5.11 Å². The monoisotopic (exact) mass is 199 g/mol. The first-order valence-electron chi connectivity index (χ1n) is 5.59. The van der Waals surface area contributed by atoms with Gasteiger partial charge in [-0.1, -0.05) is 6.92 Å². The Morgan fingerprint density at radius 1 is 1.21 bits per heavy atom. The first kappa shape index (κ1) is 12.0. The van der Waals surface area contributed by atoms with Crippen LogP contribution in [0.15, 0.2) is 0 Å². The van der Waals surface area contributed by atoms with E-state index in [4.69, 9.17) is 0 Å². The van der Waals surface area contributed by atoms with Gasteiger partial charge in [-0.2, -0.15) is 0 Å². The molecular weight excluding hydrogens is 174 g/mol. The minimum Gasteiger partial charge on any atom is -0.389 e. The van der Waals surface area contributed by atoms with Crippen molar-refractivity contribution in [3.05, 3.63) is 0 Å². The first-order chi connectivity index (χ1) is 6.08. The SMILES string of the molecule is CC(NC(C)(C)C(C)(C)O)C1(C)CC1. The number of aliphatic hydroxyl groups is 1. The van der Waals surface area contributed by atoms with Crippen molar-refractivity contribution in [2.75, 3.05) is 0 Å². The molecule has 0 aliphatic heterocycles. The second-order valence-corrected chi connectivity index (χ2v) is 6.20. The number of rotatable bonds is 4. The fraction of sp³-hybridized carbons (Fsp3) is 1.00. The van der Waals surface area contributed by atoms with Gasteiger partial charge in [0.15, 0.2) is 0 Å². The molecule has 0 aromatic carbocycles. The molecule has 84 valence electrons. The molecule has 2 nitrogen and oxygen atoms in total. The topological polar surface area (TPSA) is 32.3 Å². The molecule has 0 spiro atoms. The molecule has 1 saturated carbocycles. The zero-order valence-corrected chi connectivity index (χ0v) is 10.4. The van der Waals surface area contributed by atoms with Gasteiger partial charge in [-0.05, 0) is 52.9 Å². The van der Waals surface area contributed by atoms with E-state index >= 15 is 0 Å². The number of nitrogens with one attached hydrogen (secondary N) is 1. The highest BCUT2D eigenvalue weighted by molar-refractivity contribution is 5.02. The van der Waals surface area contributed by atoms with Crippen molar-refractivity contribution in [2.45, 2.75) is 71.6 Å². The molecule has 0 saturated heterocycles. The Balaban J connectivity index is 2.59. The third kappa shape index (κ3) is 2.29. The van der Waals surface area contributed by atoms with Crippen LogP contribution in [-0.4, -0.2) is 22.3 Å². The van der Waals surface area contributed by atoms with Crippen molar-refractivity contribution in [3.8, 4) is 0 Å². The maximum absolute atomic E-state index is 10.0. The van der Waals surface area contributed by atoms with Gasteiger partial charge in [0, 0.05) is 11.6 Å². The van der Waals surface area contributed by atoms with E-state index < -0.39 is 5.60 Å². The minimum atomic E-state index is -0.688. The summed E-state index contributed by atoms with van der Waals surface area (Å²) >= 11 is 0. The van der Waals surface area contributed by atoms with Crippen molar-refractivity contribution in [1.29, 1.82) is 0 Å². The van der Waals surface area contributed by atoms with Crippen LogP contribution in [-0.2, 0) is 0 Å². The van der Waals surface area contributed by atoms with Crippen LogP contribution < -0.4 is 5.32 Å². The largest absolute Gasteiger partial charge is 0.389 e. The molecule has 1 unspecified atom stereocenters. The van der Waals surface area contributed by atoms with Gasteiger partial charge in [-0.15, -0.1) is 0 Å². The van der Waals surface area contributed by atoms with Crippen molar-refractivity contribution in [3.63, 3.8) is 0 Å². The number of hydrogen-bond donors (Lipinski definition) is 2. The van der Waals surface area contributed by atoms with Crippen molar-refractivity contribution >= 4 is 0 Å². The van der Waals surface area contributed by atoms with Crippen LogP contribution in [0, 0.1) is 5.41 Å². The Morgan fingerprint density at radius 3 is 1.93 bits per heavy atom. The Bertz CT molecular complexity index is 211. The molecule has 1 aliphatic carbocycles. The summed E-state index contributed by atoms with van der Waals surface area (Å²) in [6.45, 7) is 12.4. The van der Waals surface area contributed by atoms with Gasteiger partial charge < -0.3 is 10.4 Å². The molecule has 2 N–H and O–H groups in total. The third-order valence-electron chi connectivity index (χ3n) is 4.19. The Kier molecular flexibility index (Phi) is 2.75. The van der Waals surface area contributed by atoms with Gasteiger partial charge in [0.1, 0.15) is 0 Å². The zero-order valence-electron chi connectivity index (χ0n) is 10.4. The minimum absolute atomic E-state index is 0.238. The van der Waals surface area contributed by atoms with Crippen LogP contribution in [0.2, 0.25) is 0 Å². The summed E-state index contributed by atoms with van der Waals surface area (Å²) < 4.78 is 0. The van der Waals surface area contributed by atoms with E-state index in [1.807, 2.05) is 13.8 Å². The smallest absolute Gasteiger partial charge is 0.0767 e. The fourth-order valence-corrected chi connectivity index (χ4v) is 1.52. The van der Waals surface area contributed by atoms with Gasteiger partial charge in [0.25, 0.3) is 0 Å². The lowest BCUT2D eigenvalue weighted by Gasteiger charge is -2.42. The summed E-state index contributed by atoms with van der Waals surface area (Å²) in [4.78, 5) is 0. The van der Waals surface area contributed by atoms with E-state index in [0.717, 1.165) is 0 Å². The average Bonchev–Trinajstić information content (AvgIpc) is 2.65.